The number of carbonyl (C=O) groups is 1. The van der Waals surface area contributed by atoms with Gasteiger partial charge < -0.3 is 0 Å². The number of aromatic amines is 1. The number of nitrogens with one attached hydrogen (secondary N) is 2. The molecule has 3 aromatic rings. The Kier molecular flexibility index (Phi) is 5.97. The summed E-state index contributed by atoms with van der Waals surface area (Å²) >= 11 is 3.47. The number of hydrazone groups is 1. The van der Waals surface area contributed by atoms with Crippen LogP contribution in [0.3, 0.4) is 0 Å². The van der Waals surface area contributed by atoms with Gasteiger partial charge in [0.1, 0.15) is 5.56 Å². The Hall–Kier alpha value is -3.53. The van der Waals surface area contributed by atoms with E-state index in [1.807, 2.05) is 26.0 Å². The number of carbonyl (C=O) groups excluding carboxylic acids is 1. The molecule has 2 aromatic carbocycles. The molecule has 0 saturated heterocycles. The highest BCUT2D eigenvalue weighted by molar-refractivity contribution is 9.10. The molecule has 3 rings (SSSR count). The summed E-state index contributed by atoms with van der Waals surface area (Å²) in [6.07, 6.45) is 1.22. The van der Waals surface area contributed by atoms with Crippen molar-refractivity contribution in [2.45, 2.75) is 20.8 Å². The van der Waals surface area contributed by atoms with E-state index in [2.05, 4.69) is 31.6 Å². The van der Waals surface area contributed by atoms with Gasteiger partial charge in [0.25, 0.3) is 17.2 Å². The van der Waals surface area contributed by atoms with E-state index < -0.39 is 10.8 Å². The molecule has 1 heterocycles. The number of aryl methyl sites for hydroxylation is 1. The highest BCUT2D eigenvalue weighted by atomic mass is 79.9. The fraction of sp³-hybridized carbons (Fsp3) is 0.150. The molecule has 0 aliphatic rings. The second kappa shape index (κ2) is 8.46. The maximum Gasteiger partial charge on any atom is 0.282 e. The largest absolute Gasteiger partial charge is 0.295 e. The van der Waals surface area contributed by atoms with E-state index in [1.165, 1.54) is 35.2 Å². The van der Waals surface area contributed by atoms with Crippen molar-refractivity contribution in [1.82, 2.24) is 15.2 Å². The first-order chi connectivity index (χ1) is 14.2. The van der Waals surface area contributed by atoms with Gasteiger partial charge in [0.05, 0.1) is 22.4 Å². The van der Waals surface area contributed by atoms with Crippen molar-refractivity contribution >= 4 is 33.7 Å². The van der Waals surface area contributed by atoms with Crippen molar-refractivity contribution in [2.24, 2.45) is 5.10 Å². The van der Waals surface area contributed by atoms with Crippen molar-refractivity contribution in [3.8, 4) is 5.69 Å². The average Bonchev–Trinajstić information content (AvgIpc) is 3.00. The molecule has 9 nitrogen and oxygen atoms in total. The van der Waals surface area contributed by atoms with Crippen molar-refractivity contribution in [2.75, 3.05) is 0 Å². The summed E-state index contributed by atoms with van der Waals surface area (Å²) in [5.41, 5.74) is 4.92. The molecule has 0 unspecified atom stereocenters. The van der Waals surface area contributed by atoms with Crippen LogP contribution in [0.4, 0.5) is 5.69 Å². The first-order valence-corrected chi connectivity index (χ1v) is 9.66. The van der Waals surface area contributed by atoms with Crippen molar-refractivity contribution < 1.29 is 9.72 Å². The number of rotatable bonds is 5. The Morgan fingerprint density at radius 3 is 2.60 bits per heavy atom. The molecule has 10 heteroatoms. The lowest BCUT2D eigenvalue weighted by molar-refractivity contribution is -0.385. The molecule has 0 fully saturated rings. The number of H-pyrrole nitrogens is 1. The summed E-state index contributed by atoms with van der Waals surface area (Å²) in [6.45, 7) is 5.58. The van der Waals surface area contributed by atoms with Crippen LogP contribution < -0.4 is 11.0 Å². The van der Waals surface area contributed by atoms with E-state index in [0.29, 0.717) is 11.4 Å². The normalized spacial score (nSPS) is 11.1. The van der Waals surface area contributed by atoms with E-state index in [4.69, 9.17) is 0 Å². The molecule has 0 atom stereocenters. The molecule has 1 amide bonds. The fourth-order valence-electron chi connectivity index (χ4n) is 2.94. The van der Waals surface area contributed by atoms with Gasteiger partial charge in [-0.2, -0.15) is 5.10 Å². The summed E-state index contributed by atoms with van der Waals surface area (Å²) in [6, 6.07) is 9.23. The van der Waals surface area contributed by atoms with Crippen LogP contribution in [0.2, 0.25) is 0 Å². The Morgan fingerprint density at radius 1 is 1.20 bits per heavy atom. The maximum atomic E-state index is 12.9. The number of nitrogens with zero attached hydrogens (tertiary/aromatic N) is 3. The van der Waals surface area contributed by atoms with Crippen LogP contribution in [0.1, 0.15) is 32.7 Å². The predicted molar refractivity (Wildman–Crippen MR) is 116 cm³/mol. The monoisotopic (exact) mass is 471 g/mol. The van der Waals surface area contributed by atoms with Gasteiger partial charge >= 0.3 is 0 Å². The third-order valence-electron chi connectivity index (χ3n) is 4.76. The number of halogens is 1. The second-order valence-corrected chi connectivity index (χ2v) is 7.44. The SMILES string of the molecule is Cc1[nH]n(-c2ccc(Br)c(C)c2C)c(=O)c1/C=N/NC(=O)c1ccccc1[N+](=O)[O-]. The van der Waals surface area contributed by atoms with Gasteiger partial charge in [-0.15, -0.1) is 0 Å². The van der Waals surface area contributed by atoms with Crippen LogP contribution in [0.5, 0.6) is 0 Å². The molecule has 0 aliphatic carbocycles. The van der Waals surface area contributed by atoms with Crippen LogP contribution in [-0.2, 0) is 0 Å². The lowest BCUT2D eigenvalue weighted by Crippen LogP contribution is -2.21. The van der Waals surface area contributed by atoms with E-state index >= 15 is 0 Å². The van der Waals surface area contributed by atoms with Gasteiger partial charge in [-0.25, -0.2) is 10.1 Å². The van der Waals surface area contributed by atoms with Gasteiger partial charge in [0.15, 0.2) is 0 Å². The molecule has 0 bridgehead atoms. The van der Waals surface area contributed by atoms with Crippen molar-refractivity contribution in [1.29, 1.82) is 0 Å². The number of benzene rings is 2. The highest BCUT2D eigenvalue weighted by Gasteiger charge is 2.19. The Labute approximate surface area is 179 Å². The third-order valence-corrected chi connectivity index (χ3v) is 5.61. The van der Waals surface area contributed by atoms with Crippen molar-refractivity contribution in [3.63, 3.8) is 0 Å². The van der Waals surface area contributed by atoms with E-state index in [9.17, 15) is 19.7 Å². The topological polar surface area (TPSA) is 122 Å². The van der Waals surface area contributed by atoms with Gasteiger partial charge in [0, 0.05) is 16.2 Å². The lowest BCUT2D eigenvalue weighted by atomic mass is 10.1. The molecule has 0 radical (unpaired) electrons. The summed E-state index contributed by atoms with van der Waals surface area (Å²) in [7, 11) is 0. The number of nitro groups is 1. The van der Waals surface area contributed by atoms with Gasteiger partial charge in [-0.3, -0.25) is 24.8 Å². The number of hydrogen-bond acceptors (Lipinski definition) is 5. The van der Waals surface area contributed by atoms with Gasteiger partial charge in [0.2, 0.25) is 0 Å². The van der Waals surface area contributed by atoms with E-state index in [0.717, 1.165) is 15.6 Å². The first kappa shape index (κ1) is 21.2. The summed E-state index contributed by atoms with van der Waals surface area (Å²) in [4.78, 5) is 35.5. The lowest BCUT2D eigenvalue weighted by Gasteiger charge is -2.10. The van der Waals surface area contributed by atoms with Gasteiger partial charge in [-0.1, -0.05) is 28.1 Å². The molecule has 1 aromatic heterocycles. The predicted octanol–water partition coefficient (Wildman–Crippen LogP) is 3.53. The zero-order valence-electron chi connectivity index (χ0n) is 16.4. The smallest absolute Gasteiger partial charge is 0.282 e. The molecule has 2 N–H and O–H groups in total. The highest BCUT2D eigenvalue weighted by Crippen LogP contribution is 2.24. The number of hydrogen-bond donors (Lipinski definition) is 2. The van der Waals surface area contributed by atoms with E-state index in [1.54, 1.807) is 6.92 Å². The number of amides is 1. The zero-order valence-corrected chi connectivity index (χ0v) is 18.0. The number of aromatic nitrogens is 2. The number of para-hydroxylation sites is 1. The maximum absolute atomic E-state index is 12.9. The Balaban J connectivity index is 1.88. The first-order valence-electron chi connectivity index (χ1n) is 8.87. The van der Waals surface area contributed by atoms with Gasteiger partial charge in [-0.05, 0) is 50.1 Å². The summed E-state index contributed by atoms with van der Waals surface area (Å²) in [5.74, 6) is -0.744. The molecule has 154 valence electrons. The third kappa shape index (κ3) is 3.94. The van der Waals surface area contributed by atoms with Crippen LogP contribution in [0, 0.1) is 30.9 Å². The Bertz CT molecular complexity index is 1240. The molecule has 30 heavy (non-hydrogen) atoms. The molecule has 0 saturated carbocycles. The molecule has 0 aliphatic heterocycles. The minimum Gasteiger partial charge on any atom is -0.295 e. The van der Waals surface area contributed by atoms with Crippen LogP contribution in [0.15, 0.2) is 50.8 Å². The number of nitro benzene ring substituents is 1. The van der Waals surface area contributed by atoms with Crippen LogP contribution in [0.25, 0.3) is 5.69 Å². The minimum absolute atomic E-state index is 0.121. The van der Waals surface area contributed by atoms with Crippen molar-refractivity contribution in [3.05, 3.63) is 89.3 Å². The molecular formula is C20H18BrN5O4. The zero-order chi connectivity index (χ0) is 22.0. The average molecular weight is 472 g/mol. The van der Waals surface area contributed by atoms with Crippen LogP contribution in [-0.4, -0.2) is 26.8 Å². The molecular weight excluding hydrogens is 454 g/mol. The fourth-order valence-corrected chi connectivity index (χ4v) is 3.37. The van der Waals surface area contributed by atoms with E-state index in [-0.39, 0.29) is 22.4 Å². The minimum atomic E-state index is -0.744. The van der Waals surface area contributed by atoms with Crippen LogP contribution >= 0.6 is 15.9 Å². The Morgan fingerprint density at radius 2 is 1.90 bits per heavy atom. The molecule has 0 spiro atoms. The second-order valence-electron chi connectivity index (χ2n) is 6.58. The standard InChI is InChI=1S/C20H18BrN5O4/c1-11-12(2)17(9-8-16(11)21)25-20(28)15(13(3)24-25)10-22-23-19(27)14-6-4-5-7-18(14)26(29)30/h4-10,24H,1-3H3,(H,23,27)/b22-10+. The summed E-state index contributed by atoms with van der Waals surface area (Å²) in [5, 5.41) is 17.9. The quantitative estimate of drug-likeness (QED) is 0.335. The summed E-state index contributed by atoms with van der Waals surface area (Å²) < 4.78 is 2.36.